The number of carbonyl (C=O) groups is 2. The molecule has 0 spiro atoms. The number of benzene rings is 1. The summed E-state index contributed by atoms with van der Waals surface area (Å²) in [6.45, 7) is 4.30. The van der Waals surface area contributed by atoms with Crippen molar-refractivity contribution < 1.29 is 19.4 Å². The highest BCUT2D eigenvalue weighted by Gasteiger charge is 2.50. The van der Waals surface area contributed by atoms with E-state index in [-0.39, 0.29) is 11.2 Å². The van der Waals surface area contributed by atoms with Crippen molar-refractivity contribution in [1.29, 1.82) is 0 Å². The average molecular weight is 358 g/mol. The van der Waals surface area contributed by atoms with Crippen LogP contribution in [0.25, 0.3) is 0 Å². The second-order valence-corrected chi connectivity index (χ2v) is 8.10. The lowest BCUT2D eigenvalue weighted by Crippen LogP contribution is -2.47. The van der Waals surface area contributed by atoms with Crippen molar-refractivity contribution in [3.05, 3.63) is 34.9 Å². The number of esters is 1. The maximum absolute atomic E-state index is 12.8. The minimum atomic E-state index is -0.600. The molecule has 26 heavy (non-hydrogen) atoms. The van der Waals surface area contributed by atoms with Crippen LogP contribution in [0.15, 0.2) is 18.2 Å². The number of carbonyl (C=O) groups excluding carboxylic acids is 2. The summed E-state index contributed by atoms with van der Waals surface area (Å²) < 4.78 is 4.82. The first kappa shape index (κ1) is 19.1. The zero-order valence-electron chi connectivity index (χ0n) is 16.1. The highest BCUT2D eigenvalue weighted by Crippen LogP contribution is 2.54. The monoisotopic (exact) mass is 358 g/mol. The van der Waals surface area contributed by atoms with Crippen LogP contribution < -0.4 is 0 Å². The zero-order valence-corrected chi connectivity index (χ0v) is 16.1. The fraction of sp³-hybridized carbons (Fsp3) is 0.636. The van der Waals surface area contributed by atoms with Crippen molar-refractivity contribution >= 4 is 11.8 Å². The average Bonchev–Trinajstić information content (AvgIpc) is 2.76. The molecule has 1 aromatic carbocycles. The summed E-state index contributed by atoms with van der Waals surface area (Å²) >= 11 is 0. The van der Waals surface area contributed by atoms with Crippen molar-refractivity contribution in [2.45, 2.75) is 76.2 Å². The van der Waals surface area contributed by atoms with Crippen molar-refractivity contribution in [3.8, 4) is 0 Å². The van der Waals surface area contributed by atoms with Crippen molar-refractivity contribution in [2.24, 2.45) is 5.92 Å². The molecule has 0 bridgehead atoms. The van der Waals surface area contributed by atoms with E-state index in [2.05, 4.69) is 13.8 Å². The van der Waals surface area contributed by atoms with Gasteiger partial charge in [0, 0.05) is 12.0 Å². The molecule has 0 amide bonds. The minimum Gasteiger partial charge on any atom is -0.465 e. The Bertz CT molecular complexity index is 710. The molecule has 1 fully saturated rings. The van der Waals surface area contributed by atoms with E-state index in [1.165, 1.54) is 7.11 Å². The highest BCUT2D eigenvalue weighted by molar-refractivity contribution is 6.01. The molecular formula is C22H30O4. The molecule has 0 saturated heterocycles. The van der Waals surface area contributed by atoms with E-state index in [0.29, 0.717) is 23.5 Å². The number of fused-ring (bicyclic) bond motifs is 3. The molecule has 3 atom stereocenters. The summed E-state index contributed by atoms with van der Waals surface area (Å²) in [6.07, 6.45) is 6.46. The van der Waals surface area contributed by atoms with Gasteiger partial charge >= 0.3 is 5.97 Å². The van der Waals surface area contributed by atoms with Gasteiger partial charge in [-0.2, -0.15) is 0 Å². The summed E-state index contributed by atoms with van der Waals surface area (Å²) in [5, 5.41) is 11.0. The third-order valence-corrected chi connectivity index (χ3v) is 6.79. The van der Waals surface area contributed by atoms with Crippen molar-refractivity contribution in [3.63, 3.8) is 0 Å². The second-order valence-electron chi connectivity index (χ2n) is 8.10. The maximum Gasteiger partial charge on any atom is 0.337 e. The fourth-order valence-corrected chi connectivity index (χ4v) is 5.39. The van der Waals surface area contributed by atoms with E-state index in [9.17, 15) is 14.7 Å². The van der Waals surface area contributed by atoms with Crippen LogP contribution in [0.2, 0.25) is 0 Å². The van der Waals surface area contributed by atoms with Gasteiger partial charge in [-0.25, -0.2) is 4.79 Å². The first-order valence-electron chi connectivity index (χ1n) is 9.87. The normalized spacial score (nSPS) is 30.9. The lowest BCUT2D eigenvalue weighted by molar-refractivity contribution is -0.0541. The number of hydrogen-bond donors (Lipinski definition) is 1. The second kappa shape index (κ2) is 7.15. The third-order valence-electron chi connectivity index (χ3n) is 6.79. The largest absolute Gasteiger partial charge is 0.465 e. The number of hydrogen-bond acceptors (Lipinski definition) is 4. The van der Waals surface area contributed by atoms with Crippen LogP contribution in [-0.2, 0) is 10.2 Å². The first-order chi connectivity index (χ1) is 12.4. The molecule has 142 valence electrons. The number of ketones is 1. The molecule has 1 saturated carbocycles. The van der Waals surface area contributed by atoms with Crippen LogP contribution in [0.1, 0.15) is 91.5 Å². The predicted octanol–water partition coefficient (Wildman–Crippen LogP) is 4.43. The summed E-state index contributed by atoms with van der Waals surface area (Å²) in [7, 11) is 1.36. The summed E-state index contributed by atoms with van der Waals surface area (Å²) in [6, 6.07) is 5.46. The molecule has 3 rings (SSSR count). The molecule has 0 aromatic heterocycles. The molecule has 1 aromatic rings. The van der Waals surface area contributed by atoms with Gasteiger partial charge in [-0.1, -0.05) is 26.3 Å². The number of Topliss-reactive ketones (excluding diaryl/α,β-unsaturated/α-hetero) is 1. The molecule has 0 heterocycles. The molecule has 0 unspecified atom stereocenters. The van der Waals surface area contributed by atoms with Gasteiger partial charge in [0.2, 0.25) is 0 Å². The Hall–Kier alpha value is -1.68. The number of aliphatic hydroxyl groups is 1. The Morgan fingerprint density at radius 1 is 1.31 bits per heavy atom. The SMILES string of the molecule is CCC[C@@]1(O)CC[C@@]2(CC)c3ccc(C(=O)OC)cc3C(=O)CC[C@H]2C1. The van der Waals surface area contributed by atoms with Gasteiger partial charge in [0.05, 0.1) is 18.3 Å². The van der Waals surface area contributed by atoms with Crippen molar-refractivity contribution in [1.82, 2.24) is 0 Å². The van der Waals surface area contributed by atoms with Crippen LogP contribution in [0, 0.1) is 5.92 Å². The van der Waals surface area contributed by atoms with Crippen molar-refractivity contribution in [2.75, 3.05) is 7.11 Å². The molecule has 2 aliphatic carbocycles. The molecule has 1 N–H and O–H groups in total. The van der Waals surface area contributed by atoms with E-state index >= 15 is 0 Å². The van der Waals surface area contributed by atoms with E-state index in [1.807, 2.05) is 6.07 Å². The van der Waals surface area contributed by atoms with Gasteiger partial charge in [-0.3, -0.25) is 4.79 Å². The Morgan fingerprint density at radius 3 is 2.73 bits per heavy atom. The van der Waals surface area contributed by atoms with Crippen LogP contribution in [0.5, 0.6) is 0 Å². The van der Waals surface area contributed by atoms with Gasteiger partial charge in [-0.15, -0.1) is 0 Å². The van der Waals surface area contributed by atoms with Gasteiger partial charge in [0.15, 0.2) is 5.78 Å². The molecule has 0 radical (unpaired) electrons. The van der Waals surface area contributed by atoms with Crippen LogP contribution >= 0.6 is 0 Å². The van der Waals surface area contributed by atoms with E-state index < -0.39 is 11.6 Å². The Morgan fingerprint density at radius 2 is 2.08 bits per heavy atom. The van der Waals surface area contributed by atoms with E-state index in [4.69, 9.17) is 4.74 Å². The van der Waals surface area contributed by atoms with Gasteiger partial charge in [-0.05, 0) is 67.6 Å². The maximum atomic E-state index is 12.8. The van der Waals surface area contributed by atoms with Gasteiger partial charge < -0.3 is 9.84 Å². The van der Waals surface area contributed by atoms with E-state index in [0.717, 1.165) is 50.5 Å². The Labute approximate surface area is 155 Å². The topological polar surface area (TPSA) is 63.6 Å². The van der Waals surface area contributed by atoms with Crippen LogP contribution in [-0.4, -0.2) is 29.6 Å². The van der Waals surface area contributed by atoms with Crippen LogP contribution in [0.3, 0.4) is 0 Å². The number of methoxy groups -OCH3 is 1. The quantitative estimate of drug-likeness (QED) is 0.809. The van der Waals surface area contributed by atoms with Gasteiger partial charge in [0.1, 0.15) is 0 Å². The fourth-order valence-electron chi connectivity index (χ4n) is 5.39. The molecular weight excluding hydrogens is 328 g/mol. The third kappa shape index (κ3) is 3.09. The summed E-state index contributed by atoms with van der Waals surface area (Å²) in [4.78, 5) is 24.8. The molecule has 4 nitrogen and oxygen atoms in total. The van der Waals surface area contributed by atoms with E-state index in [1.54, 1.807) is 12.1 Å². The smallest absolute Gasteiger partial charge is 0.337 e. The number of rotatable bonds is 4. The highest BCUT2D eigenvalue weighted by atomic mass is 16.5. The molecule has 4 heteroatoms. The van der Waals surface area contributed by atoms with Gasteiger partial charge in [0.25, 0.3) is 0 Å². The number of ether oxygens (including phenoxy) is 1. The standard InChI is InChI=1S/C22H30O4/c1-4-10-21(25)11-12-22(5-2)16(14-21)7-9-19(23)17-13-15(20(24)26-3)6-8-18(17)22/h6,8,13,16,25H,4-5,7,9-12,14H2,1-3H3/t16-,21+,22+/m0/s1. The Kier molecular flexibility index (Phi) is 5.25. The Balaban J connectivity index is 2.07. The minimum absolute atomic E-state index is 0.0872. The summed E-state index contributed by atoms with van der Waals surface area (Å²) in [5.74, 6) is -0.00750. The summed E-state index contributed by atoms with van der Waals surface area (Å²) in [5.41, 5.74) is 1.49. The lowest BCUT2D eigenvalue weighted by Gasteiger charge is -2.50. The zero-order chi connectivity index (χ0) is 18.9. The molecule has 2 aliphatic rings. The van der Waals surface area contributed by atoms with Crippen LogP contribution in [0.4, 0.5) is 0 Å². The first-order valence-corrected chi connectivity index (χ1v) is 9.87. The predicted molar refractivity (Wildman–Crippen MR) is 101 cm³/mol. The lowest BCUT2D eigenvalue weighted by atomic mass is 9.56. The molecule has 0 aliphatic heterocycles.